The summed E-state index contributed by atoms with van der Waals surface area (Å²) in [5.41, 5.74) is 15.3. The number of para-hydroxylation sites is 1. The normalized spacial score (nSPS) is 15.3. The minimum absolute atomic E-state index is 0.0402. The van der Waals surface area contributed by atoms with E-state index in [4.69, 9.17) is 28.4 Å². The lowest BCUT2D eigenvalue weighted by molar-refractivity contribution is -0.121. The first-order valence-corrected chi connectivity index (χ1v) is 13.7. The molecule has 2 amide bonds. The molecule has 0 spiro atoms. The third-order valence-electron chi connectivity index (χ3n) is 6.58. The molecule has 1 aliphatic heterocycles. The van der Waals surface area contributed by atoms with Gasteiger partial charge in [0.2, 0.25) is 5.91 Å². The van der Waals surface area contributed by atoms with E-state index in [2.05, 4.69) is 31.2 Å². The number of anilines is 1. The molecule has 2 aromatic rings. The van der Waals surface area contributed by atoms with Crippen molar-refractivity contribution in [3.63, 3.8) is 0 Å². The van der Waals surface area contributed by atoms with Crippen LogP contribution in [-0.2, 0) is 16.1 Å². The van der Waals surface area contributed by atoms with E-state index in [1.54, 1.807) is 19.4 Å². The number of amidine groups is 1. The molecule has 2 heterocycles. The Morgan fingerprint density at radius 2 is 2.00 bits per heavy atom. The monoisotopic (exact) mass is 589 g/mol. The standard InChI is InChI=1S/C29H35N9O3S/c1-32-28(40)24(31)22(13-23(30)37-27(39)17-10-11-17)36-21-9-6-8-20(25(21)41-3)18-14-34-26(35-15-18)29(42)38(2)16-19-7-4-5-12-33-19/h4-9,12-14,17,36H,10-11,15-16,30-31H2,1-3H3,(H,32,40)(H,34,35)(H,37,39)/b23-13+,24-22+. The first kappa shape index (κ1) is 30.1. The molecule has 220 valence electrons. The van der Waals surface area contributed by atoms with E-state index in [-0.39, 0.29) is 29.0 Å². The number of pyridine rings is 1. The number of nitrogens with one attached hydrogen (secondary N) is 4. The number of nitrogens with two attached hydrogens (primary N) is 2. The van der Waals surface area contributed by atoms with Crippen molar-refractivity contribution in [3.05, 3.63) is 83.3 Å². The van der Waals surface area contributed by atoms with E-state index in [1.165, 1.54) is 13.1 Å². The van der Waals surface area contributed by atoms with Crippen molar-refractivity contribution in [2.75, 3.05) is 33.1 Å². The van der Waals surface area contributed by atoms with Crippen molar-refractivity contribution in [3.8, 4) is 5.75 Å². The maximum absolute atomic E-state index is 12.4. The molecule has 1 aromatic heterocycles. The number of amides is 2. The second-order valence-electron chi connectivity index (χ2n) is 9.74. The molecule has 4 rings (SSSR count). The summed E-state index contributed by atoms with van der Waals surface area (Å²) in [5, 5.41) is 11.5. The van der Waals surface area contributed by atoms with Gasteiger partial charge in [-0.05, 0) is 31.0 Å². The molecule has 1 fully saturated rings. The molecule has 42 heavy (non-hydrogen) atoms. The zero-order valence-electron chi connectivity index (χ0n) is 23.7. The SMILES string of the molecule is CNC(=O)/C(N)=C(/C=C(\N)NC(=O)C1CC1)Nc1cccc(C2=CNC(C(=S)N(C)Cc3ccccn3)=NC2)c1OC. The van der Waals surface area contributed by atoms with Gasteiger partial charge in [0.1, 0.15) is 22.3 Å². The summed E-state index contributed by atoms with van der Waals surface area (Å²) in [6, 6.07) is 11.3. The average molecular weight is 590 g/mol. The van der Waals surface area contributed by atoms with Crippen molar-refractivity contribution in [2.24, 2.45) is 22.4 Å². The van der Waals surface area contributed by atoms with Gasteiger partial charge in [-0.25, -0.2) is 0 Å². The van der Waals surface area contributed by atoms with Crippen LogP contribution in [0.5, 0.6) is 5.75 Å². The van der Waals surface area contributed by atoms with E-state index < -0.39 is 5.91 Å². The molecular formula is C29H35N9O3S. The Balaban J connectivity index is 1.53. The summed E-state index contributed by atoms with van der Waals surface area (Å²) in [6.07, 6.45) is 6.66. The van der Waals surface area contributed by atoms with Crippen LogP contribution in [0.15, 0.2) is 77.1 Å². The maximum Gasteiger partial charge on any atom is 0.269 e. The second kappa shape index (κ2) is 13.6. The highest BCUT2D eigenvalue weighted by Crippen LogP contribution is 2.35. The van der Waals surface area contributed by atoms with Crippen LogP contribution in [0.3, 0.4) is 0 Å². The van der Waals surface area contributed by atoms with Crippen molar-refractivity contribution in [2.45, 2.75) is 19.4 Å². The molecule has 0 bridgehead atoms. The number of rotatable bonds is 11. The summed E-state index contributed by atoms with van der Waals surface area (Å²) in [7, 11) is 4.91. The van der Waals surface area contributed by atoms with Crippen LogP contribution in [0.25, 0.3) is 5.57 Å². The van der Waals surface area contributed by atoms with Gasteiger partial charge in [-0.3, -0.25) is 19.6 Å². The van der Waals surface area contributed by atoms with Crippen LogP contribution in [0.2, 0.25) is 0 Å². The number of nitrogens with zero attached hydrogens (tertiary/aromatic N) is 3. The molecule has 0 unspecified atom stereocenters. The van der Waals surface area contributed by atoms with Crippen molar-refractivity contribution in [1.82, 2.24) is 25.8 Å². The van der Waals surface area contributed by atoms with Crippen LogP contribution in [0, 0.1) is 5.92 Å². The van der Waals surface area contributed by atoms with Crippen molar-refractivity contribution >= 4 is 46.1 Å². The third-order valence-corrected chi connectivity index (χ3v) is 7.08. The van der Waals surface area contributed by atoms with Crippen molar-refractivity contribution in [1.29, 1.82) is 0 Å². The predicted octanol–water partition coefficient (Wildman–Crippen LogP) is 1.55. The number of hydrogen-bond acceptors (Lipinski definition) is 10. The summed E-state index contributed by atoms with van der Waals surface area (Å²) in [5.74, 6) is 0.409. The fourth-order valence-electron chi connectivity index (χ4n) is 4.16. The summed E-state index contributed by atoms with van der Waals surface area (Å²) in [4.78, 5) is 36.1. The molecule has 0 saturated heterocycles. The lowest BCUT2D eigenvalue weighted by atomic mass is 10.0. The Kier molecular flexibility index (Phi) is 9.76. The first-order valence-electron chi connectivity index (χ1n) is 13.3. The number of carbonyl (C=O) groups is 2. The lowest BCUT2D eigenvalue weighted by Crippen LogP contribution is -2.39. The number of likely N-dealkylation sites (N-methyl/N-ethyl adjacent to an activating group) is 2. The number of methoxy groups -OCH3 is 1. The Bertz CT molecular complexity index is 1480. The number of aliphatic imine (C=N–C) groups is 1. The zero-order chi connectivity index (χ0) is 30.2. The highest BCUT2D eigenvalue weighted by atomic mass is 32.1. The van der Waals surface area contributed by atoms with Crippen LogP contribution >= 0.6 is 12.2 Å². The summed E-state index contributed by atoms with van der Waals surface area (Å²) in [6.45, 7) is 0.902. The Hall–Kier alpha value is -4.91. The van der Waals surface area contributed by atoms with Gasteiger partial charge in [-0.15, -0.1) is 0 Å². The number of hydrogen-bond donors (Lipinski definition) is 6. The van der Waals surface area contributed by atoms with Gasteiger partial charge in [0, 0.05) is 49.6 Å². The van der Waals surface area contributed by atoms with E-state index in [9.17, 15) is 9.59 Å². The highest BCUT2D eigenvalue weighted by Gasteiger charge is 2.29. The zero-order valence-corrected chi connectivity index (χ0v) is 24.5. The predicted molar refractivity (Wildman–Crippen MR) is 167 cm³/mol. The lowest BCUT2D eigenvalue weighted by Gasteiger charge is -2.24. The smallest absolute Gasteiger partial charge is 0.269 e. The number of benzene rings is 1. The fraction of sp³-hybridized carbons (Fsp3) is 0.276. The third kappa shape index (κ3) is 7.43. The van der Waals surface area contributed by atoms with Crippen LogP contribution in [0.4, 0.5) is 5.69 Å². The van der Waals surface area contributed by atoms with Crippen LogP contribution < -0.4 is 37.5 Å². The van der Waals surface area contributed by atoms with Gasteiger partial charge in [0.25, 0.3) is 5.91 Å². The maximum atomic E-state index is 12.4. The minimum Gasteiger partial charge on any atom is -0.494 e. The molecule has 1 aromatic carbocycles. The molecule has 8 N–H and O–H groups in total. The highest BCUT2D eigenvalue weighted by molar-refractivity contribution is 7.82. The topological polar surface area (TPSA) is 172 Å². The van der Waals surface area contributed by atoms with E-state index in [1.807, 2.05) is 48.5 Å². The minimum atomic E-state index is -0.518. The van der Waals surface area contributed by atoms with Gasteiger partial charge >= 0.3 is 0 Å². The van der Waals surface area contributed by atoms with Crippen molar-refractivity contribution < 1.29 is 14.3 Å². The van der Waals surface area contributed by atoms with Crippen LogP contribution in [-0.4, -0.2) is 60.3 Å². The molecule has 0 atom stereocenters. The Morgan fingerprint density at radius 1 is 1.21 bits per heavy atom. The number of thiocarbonyl (C=S) groups is 1. The fourth-order valence-corrected chi connectivity index (χ4v) is 4.35. The van der Waals surface area contributed by atoms with Crippen LogP contribution in [0.1, 0.15) is 24.1 Å². The number of aromatic nitrogens is 1. The van der Waals surface area contributed by atoms with E-state index >= 15 is 0 Å². The molecular weight excluding hydrogens is 554 g/mol. The molecule has 13 heteroatoms. The first-order chi connectivity index (χ1) is 20.2. The van der Waals surface area contributed by atoms with E-state index in [0.717, 1.165) is 29.7 Å². The van der Waals surface area contributed by atoms with Gasteiger partial charge in [0.05, 0.1) is 37.3 Å². The summed E-state index contributed by atoms with van der Waals surface area (Å²) < 4.78 is 5.78. The van der Waals surface area contributed by atoms with Gasteiger partial charge < -0.3 is 42.4 Å². The second-order valence-corrected chi connectivity index (χ2v) is 10.1. The Labute approximate surface area is 250 Å². The Morgan fingerprint density at radius 3 is 2.62 bits per heavy atom. The van der Waals surface area contributed by atoms with Gasteiger partial charge in [-0.2, -0.15) is 0 Å². The quantitative estimate of drug-likeness (QED) is 0.128. The average Bonchev–Trinajstić information content (AvgIpc) is 3.86. The van der Waals surface area contributed by atoms with E-state index in [0.29, 0.717) is 35.4 Å². The van der Waals surface area contributed by atoms with Gasteiger partial charge in [-0.1, -0.05) is 30.4 Å². The largest absolute Gasteiger partial charge is 0.494 e. The molecule has 12 nitrogen and oxygen atoms in total. The molecule has 1 aliphatic carbocycles. The number of allylic oxidation sites excluding steroid dienone is 1. The molecule has 1 saturated carbocycles. The summed E-state index contributed by atoms with van der Waals surface area (Å²) >= 11 is 5.65. The number of carbonyl (C=O) groups excluding carboxylic acids is 2. The molecule has 2 aliphatic rings. The molecule has 0 radical (unpaired) electrons. The number of ether oxygens (including phenoxy) is 1. The van der Waals surface area contributed by atoms with Gasteiger partial charge in [0.15, 0.2) is 5.84 Å².